The maximum atomic E-state index is 13.6. The molecule has 0 fully saturated rings. The van der Waals surface area contributed by atoms with Crippen molar-refractivity contribution >= 4 is 5.97 Å². The average Bonchev–Trinajstić information content (AvgIpc) is 2.57. The lowest BCUT2D eigenvalue weighted by atomic mass is 9.86. The smallest absolute Gasteiger partial charge is 0.322 e. The van der Waals surface area contributed by atoms with Crippen LogP contribution in [0.1, 0.15) is 30.9 Å². The Hall–Kier alpha value is -2.55. The predicted octanol–water partition coefficient (Wildman–Crippen LogP) is 3.93. The summed E-state index contributed by atoms with van der Waals surface area (Å²) in [4.78, 5) is 11.7. The average molecular weight is 391 g/mol. The normalized spacial score (nSPS) is 13.6. The van der Waals surface area contributed by atoms with E-state index in [1.165, 1.54) is 13.8 Å². The van der Waals surface area contributed by atoms with Gasteiger partial charge < -0.3 is 10.5 Å². The molecule has 0 heterocycles. The zero-order valence-corrected chi connectivity index (χ0v) is 14.2. The highest BCUT2D eigenvalue weighted by molar-refractivity contribution is 5.75. The lowest BCUT2D eigenvalue weighted by molar-refractivity contribution is -0.149. The van der Waals surface area contributed by atoms with Gasteiger partial charge in [0.15, 0.2) is 34.9 Å². The van der Waals surface area contributed by atoms with Gasteiger partial charge in [-0.25, -0.2) is 26.3 Å². The summed E-state index contributed by atoms with van der Waals surface area (Å²) in [5.41, 5.74) is 4.83. The van der Waals surface area contributed by atoms with E-state index in [4.69, 9.17) is 10.5 Å². The van der Waals surface area contributed by atoms with Crippen molar-refractivity contribution in [1.82, 2.24) is 0 Å². The molecular formula is C18H15F6NO2. The fraction of sp³-hybridized carbons (Fsp3) is 0.278. The second kappa shape index (κ2) is 7.99. The first-order chi connectivity index (χ1) is 12.5. The molecule has 2 aromatic rings. The SMILES string of the molecule is C[C@H](N)C(=O)O[C@@H](C)C(c1cc(F)c(F)c(F)c1)c1cc(F)c(F)c(F)c1. The molecule has 27 heavy (non-hydrogen) atoms. The number of hydrogen-bond donors (Lipinski definition) is 1. The van der Waals surface area contributed by atoms with Gasteiger partial charge in [0.05, 0.1) is 0 Å². The van der Waals surface area contributed by atoms with Gasteiger partial charge in [-0.3, -0.25) is 4.79 Å². The van der Waals surface area contributed by atoms with Gasteiger partial charge in [0.25, 0.3) is 0 Å². The molecule has 0 unspecified atom stereocenters. The van der Waals surface area contributed by atoms with Crippen LogP contribution in [0.4, 0.5) is 26.3 Å². The molecule has 2 rings (SSSR count). The molecule has 0 spiro atoms. The van der Waals surface area contributed by atoms with Crippen molar-refractivity contribution in [3.63, 3.8) is 0 Å². The summed E-state index contributed by atoms with van der Waals surface area (Å²) in [5.74, 6) is -11.9. The summed E-state index contributed by atoms with van der Waals surface area (Å²) < 4.78 is 86.1. The van der Waals surface area contributed by atoms with Crippen LogP contribution in [0.2, 0.25) is 0 Å². The molecule has 2 N–H and O–H groups in total. The molecule has 0 aliphatic rings. The third-order valence-corrected chi connectivity index (χ3v) is 3.87. The minimum atomic E-state index is -1.74. The zero-order valence-electron chi connectivity index (χ0n) is 14.2. The van der Waals surface area contributed by atoms with E-state index in [0.717, 1.165) is 0 Å². The summed E-state index contributed by atoms with van der Waals surface area (Å²) in [6.07, 6.45) is -1.22. The number of esters is 1. The van der Waals surface area contributed by atoms with E-state index in [0.29, 0.717) is 24.3 Å². The van der Waals surface area contributed by atoms with Crippen LogP contribution in [0.3, 0.4) is 0 Å². The Balaban J connectivity index is 2.60. The summed E-state index contributed by atoms with van der Waals surface area (Å²) in [6, 6.07) is 1.34. The van der Waals surface area contributed by atoms with Gasteiger partial charge in [-0.1, -0.05) is 0 Å². The van der Waals surface area contributed by atoms with Crippen molar-refractivity contribution in [3.05, 3.63) is 70.3 Å². The van der Waals surface area contributed by atoms with Crippen LogP contribution in [0.5, 0.6) is 0 Å². The Morgan fingerprint density at radius 2 is 1.15 bits per heavy atom. The number of ether oxygens (including phenoxy) is 1. The second-order valence-corrected chi connectivity index (χ2v) is 6.01. The molecule has 0 radical (unpaired) electrons. The first kappa shape index (κ1) is 20.8. The number of nitrogens with two attached hydrogens (primary N) is 1. The van der Waals surface area contributed by atoms with Crippen molar-refractivity contribution in [2.75, 3.05) is 0 Å². The number of carbonyl (C=O) groups is 1. The fourth-order valence-electron chi connectivity index (χ4n) is 2.60. The van der Waals surface area contributed by atoms with E-state index in [9.17, 15) is 31.1 Å². The highest BCUT2D eigenvalue weighted by Crippen LogP contribution is 2.33. The lowest BCUT2D eigenvalue weighted by Crippen LogP contribution is -2.34. The highest BCUT2D eigenvalue weighted by atomic mass is 19.2. The maximum Gasteiger partial charge on any atom is 0.322 e. The molecule has 3 nitrogen and oxygen atoms in total. The molecule has 0 bridgehead atoms. The standard InChI is InChI=1S/C18H15F6NO2/c1-7(25)18(26)27-8(2)15(9-3-11(19)16(23)12(20)4-9)10-5-13(21)17(24)14(22)6-10/h3-8,15H,25H2,1-2H3/t7-,8-/m0/s1. The lowest BCUT2D eigenvalue weighted by Gasteiger charge is -2.26. The molecule has 0 saturated heterocycles. The number of benzene rings is 2. The van der Waals surface area contributed by atoms with E-state index in [-0.39, 0.29) is 11.1 Å². The Kier molecular flexibility index (Phi) is 6.15. The zero-order chi connectivity index (χ0) is 20.5. The quantitative estimate of drug-likeness (QED) is 0.477. The van der Waals surface area contributed by atoms with E-state index in [1.807, 2.05) is 0 Å². The molecule has 2 aromatic carbocycles. The van der Waals surface area contributed by atoms with Crippen molar-refractivity contribution in [3.8, 4) is 0 Å². The minimum absolute atomic E-state index is 0.276. The van der Waals surface area contributed by atoms with E-state index in [2.05, 4.69) is 0 Å². The summed E-state index contributed by atoms with van der Waals surface area (Å²) in [5, 5.41) is 0. The van der Waals surface area contributed by atoms with Crippen LogP contribution in [-0.2, 0) is 9.53 Å². The number of hydrogen-bond acceptors (Lipinski definition) is 3. The fourth-order valence-corrected chi connectivity index (χ4v) is 2.60. The molecular weight excluding hydrogens is 376 g/mol. The first-order valence-corrected chi connectivity index (χ1v) is 7.77. The van der Waals surface area contributed by atoms with E-state index < -0.39 is 58.9 Å². The number of rotatable bonds is 5. The van der Waals surface area contributed by atoms with Crippen LogP contribution in [0.15, 0.2) is 24.3 Å². The molecule has 0 saturated carbocycles. The largest absolute Gasteiger partial charge is 0.461 e. The predicted molar refractivity (Wildman–Crippen MR) is 83.7 cm³/mol. The van der Waals surface area contributed by atoms with Crippen molar-refractivity contribution in [2.45, 2.75) is 31.9 Å². The van der Waals surface area contributed by atoms with Gasteiger partial charge in [0.2, 0.25) is 0 Å². The van der Waals surface area contributed by atoms with Gasteiger partial charge >= 0.3 is 5.97 Å². The van der Waals surface area contributed by atoms with Crippen LogP contribution in [0.25, 0.3) is 0 Å². The van der Waals surface area contributed by atoms with E-state index >= 15 is 0 Å². The molecule has 0 amide bonds. The molecule has 0 aromatic heterocycles. The number of halogens is 6. The summed E-state index contributed by atoms with van der Waals surface area (Å²) in [7, 11) is 0. The van der Waals surface area contributed by atoms with Crippen molar-refractivity contribution in [2.24, 2.45) is 5.73 Å². The highest BCUT2D eigenvalue weighted by Gasteiger charge is 2.29. The maximum absolute atomic E-state index is 13.6. The van der Waals surface area contributed by atoms with Crippen LogP contribution in [-0.4, -0.2) is 18.1 Å². The number of carbonyl (C=O) groups excluding carboxylic acids is 1. The topological polar surface area (TPSA) is 52.3 Å². The Labute approximate surface area is 150 Å². The van der Waals surface area contributed by atoms with Gasteiger partial charge in [-0.05, 0) is 49.2 Å². The van der Waals surface area contributed by atoms with Crippen molar-refractivity contribution in [1.29, 1.82) is 0 Å². The van der Waals surface area contributed by atoms with Crippen LogP contribution >= 0.6 is 0 Å². The van der Waals surface area contributed by atoms with Gasteiger partial charge in [-0.2, -0.15) is 0 Å². The summed E-state index contributed by atoms with van der Waals surface area (Å²) >= 11 is 0. The third-order valence-electron chi connectivity index (χ3n) is 3.87. The third kappa shape index (κ3) is 4.41. The minimum Gasteiger partial charge on any atom is -0.461 e. The second-order valence-electron chi connectivity index (χ2n) is 6.01. The molecule has 0 aliphatic carbocycles. The molecule has 9 heteroatoms. The monoisotopic (exact) mass is 391 g/mol. The van der Waals surface area contributed by atoms with Crippen LogP contribution in [0, 0.1) is 34.9 Å². The Bertz CT molecular complexity index is 767. The van der Waals surface area contributed by atoms with E-state index in [1.54, 1.807) is 0 Å². The van der Waals surface area contributed by atoms with Gasteiger partial charge in [-0.15, -0.1) is 0 Å². The Morgan fingerprint density at radius 1 is 0.815 bits per heavy atom. The van der Waals surface area contributed by atoms with Gasteiger partial charge in [0, 0.05) is 5.92 Å². The first-order valence-electron chi connectivity index (χ1n) is 7.77. The van der Waals surface area contributed by atoms with Gasteiger partial charge in [0.1, 0.15) is 12.1 Å². The van der Waals surface area contributed by atoms with Crippen molar-refractivity contribution < 1.29 is 35.9 Å². The summed E-state index contributed by atoms with van der Waals surface area (Å²) in [6.45, 7) is 2.60. The molecule has 0 aliphatic heterocycles. The Morgan fingerprint density at radius 3 is 1.44 bits per heavy atom. The molecule has 146 valence electrons. The van der Waals surface area contributed by atoms with Crippen LogP contribution < -0.4 is 5.73 Å². The molecule has 2 atom stereocenters.